The molecule has 0 aromatic carbocycles. The molecule has 0 aliphatic carbocycles. The third-order valence-electron chi connectivity index (χ3n) is 1.31. The fourth-order valence-corrected chi connectivity index (χ4v) is 0.603. The number of hydrogen-bond donors (Lipinski definition) is 3. The number of rotatable bonds is 5. The van der Waals surface area contributed by atoms with Gasteiger partial charge in [-0.15, -0.1) is 0 Å². The number of carbonyl (C=O) groups is 1. The van der Waals surface area contributed by atoms with Crippen molar-refractivity contribution in [2.75, 3.05) is 6.54 Å². The van der Waals surface area contributed by atoms with Crippen molar-refractivity contribution in [3.8, 4) is 0 Å². The van der Waals surface area contributed by atoms with Gasteiger partial charge in [0.25, 0.3) is 0 Å². The summed E-state index contributed by atoms with van der Waals surface area (Å²) in [6.45, 7) is 0.450. The lowest BCUT2D eigenvalue weighted by Crippen LogP contribution is -2.30. The first kappa shape index (κ1) is 11.1. The van der Waals surface area contributed by atoms with Crippen molar-refractivity contribution >= 4 is 5.97 Å². The predicted octanol–water partition coefficient (Wildman–Crippen LogP) is -0.00940. The molecule has 1 unspecified atom stereocenters. The van der Waals surface area contributed by atoms with Crippen molar-refractivity contribution in [2.45, 2.75) is 18.9 Å². The van der Waals surface area contributed by atoms with Crippen molar-refractivity contribution in [1.82, 2.24) is 0 Å². The van der Waals surface area contributed by atoms with Crippen LogP contribution < -0.4 is 11.5 Å². The lowest BCUT2D eigenvalue weighted by molar-refractivity contribution is -0.137. The number of aliphatic carboxylic acids is 1. The maximum atomic E-state index is 12.7. The van der Waals surface area contributed by atoms with Crippen molar-refractivity contribution < 1.29 is 14.3 Å². The lowest BCUT2D eigenvalue weighted by Gasteiger charge is -2.01. The van der Waals surface area contributed by atoms with E-state index in [9.17, 15) is 9.18 Å². The second-order valence-corrected chi connectivity index (χ2v) is 2.34. The molecule has 0 aromatic heterocycles. The average molecular weight is 176 g/mol. The van der Waals surface area contributed by atoms with E-state index in [0.717, 1.165) is 6.08 Å². The van der Waals surface area contributed by atoms with E-state index in [1.54, 1.807) is 0 Å². The Labute approximate surface area is 70.0 Å². The number of allylic oxidation sites excluding steroid dienone is 1. The maximum absolute atomic E-state index is 12.7. The molecule has 12 heavy (non-hydrogen) atoms. The fraction of sp³-hybridized carbons (Fsp3) is 0.571. The van der Waals surface area contributed by atoms with Crippen molar-refractivity contribution in [1.29, 1.82) is 0 Å². The Morgan fingerprint density at radius 1 is 1.67 bits per heavy atom. The van der Waals surface area contributed by atoms with Gasteiger partial charge in [-0.25, -0.2) is 4.39 Å². The molecule has 0 heterocycles. The number of unbranched alkanes of at least 4 members (excludes halogenated alkanes) is 1. The summed E-state index contributed by atoms with van der Waals surface area (Å²) in [5, 5.41) is 8.28. The van der Waals surface area contributed by atoms with E-state index < -0.39 is 17.8 Å². The van der Waals surface area contributed by atoms with Gasteiger partial charge in [-0.1, -0.05) is 6.08 Å². The Morgan fingerprint density at radius 3 is 2.67 bits per heavy atom. The van der Waals surface area contributed by atoms with E-state index >= 15 is 0 Å². The van der Waals surface area contributed by atoms with Gasteiger partial charge in [0.15, 0.2) is 6.04 Å². The smallest absolute Gasteiger partial charge is 0.327 e. The molecule has 5 N–H and O–H groups in total. The average Bonchev–Trinajstić information content (AvgIpc) is 2.03. The van der Waals surface area contributed by atoms with Crippen LogP contribution in [0.2, 0.25) is 0 Å². The van der Waals surface area contributed by atoms with Gasteiger partial charge in [-0.2, -0.15) is 0 Å². The normalized spacial score (nSPS) is 14.4. The van der Waals surface area contributed by atoms with Crippen LogP contribution in [0.4, 0.5) is 4.39 Å². The first-order chi connectivity index (χ1) is 5.59. The summed E-state index contributed by atoms with van der Waals surface area (Å²) in [5.41, 5.74) is 10.1. The second-order valence-electron chi connectivity index (χ2n) is 2.34. The highest BCUT2D eigenvalue weighted by Gasteiger charge is 2.16. The van der Waals surface area contributed by atoms with E-state index in [2.05, 4.69) is 0 Å². The summed E-state index contributed by atoms with van der Waals surface area (Å²) >= 11 is 0. The molecular weight excluding hydrogens is 163 g/mol. The zero-order valence-electron chi connectivity index (χ0n) is 6.66. The van der Waals surface area contributed by atoms with Crippen LogP contribution in [-0.4, -0.2) is 23.7 Å². The highest BCUT2D eigenvalue weighted by atomic mass is 19.1. The van der Waals surface area contributed by atoms with Crippen molar-refractivity contribution in [2.24, 2.45) is 11.5 Å². The quantitative estimate of drug-likeness (QED) is 0.514. The second kappa shape index (κ2) is 5.68. The predicted molar refractivity (Wildman–Crippen MR) is 43.1 cm³/mol. The largest absolute Gasteiger partial charge is 0.480 e. The molecule has 0 aliphatic heterocycles. The van der Waals surface area contributed by atoms with E-state index in [0.29, 0.717) is 19.4 Å². The molecule has 0 amide bonds. The molecule has 0 fully saturated rings. The lowest BCUT2D eigenvalue weighted by atomic mass is 10.2. The summed E-state index contributed by atoms with van der Waals surface area (Å²) in [7, 11) is 0. The molecule has 0 aromatic rings. The van der Waals surface area contributed by atoms with Crippen LogP contribution in [0.25, 0.3) is 0 Å². The third-order valence-corrected chi connectivity index (χ3v) is 1.31. The molecule has 5 heteroatoms. The van der Waals surface area contributed by atoms with Gasteiger partial charge in [0, 0.05) is 0 Å². The maximum Gasteiger partial charge on any atom is 0.327 e. The highest BCUT2D eigenvalue weighted by Crippen LogP contribution is 2.04. The Kier molecular flexibility index (Phi) is 5.23. The molecule has 0 radical (unpaired) electrons. The van der Waals surface area contributed by atoms with E-state index in [1.807, 2.05) is 0 Å². The molecule has 0 saturated carbocycles. The highest BCUT2D eigenvalue weighted by molar-refractivity contribution is 5.76. The molecule has 1 atom stereocenters. The number of hydrogen-bond acceptors (Lipinski definition) is 3. The van der Waals surface area contributed by atoms with Crippen LogP contribution in [0.1, 0.15) is 12.8 Å². The van der Waals surface area contributed by atoms with Crippen molar-refractivity contribution in [3.05, 3.63) is 11.9 Å². The van der Waals surface area contributed by atoms with Gasteiger partial charge < -0.3 is 16.6 Å². The van der Waals surface area contributed by atoms with Gasteiger partial charge in [0.1, 0.15) is 5.83 Å². The summed E-state index contributed by atoms with van der Waals surface area (Å²) in [6, 6.07) is -1.54. The number of carboxylic acids is 1. The first-order valence-corrected chi connectivity index (χ1v) is 3.63. The molecular formula is C7H13FN2O2. The SMILES string of the molecule is NCCCC=C(F)C(N)C(=O)O. The molecule has 0 bridgehead atoms. The van der Waals surface area contributed by atoms with Crippen LogP contribution in [-0.2, 0) is 4.79 Å². The minimum absolute atomic E-state index is 0.420. The van der Waals surface area contributed by atoms with Gasteiger partial charge in [-0.05, 0) is 19.4 Å². The molecule has 0 aliphatic rings. The molecule has 4 nitrogen and oxygen atoms in total. The zero-order valence-corrected chi connectivity index (χ0v) is 6.66. The van der Waals surface area contributed by atoms with Crippen LogP contribution in [0.5, 0.6) is 0 Å². The van der Waals surface area contributed by atoms with E-state index in [1.165, 1.54) is 0 Å². The first-order valence-electron chi connectivity index (χ1n) is 3.63. The number of carboxylic acid groups (broad SMARTS) is 1. The topological polar surface area (TPSA) is 89.3 Å². The Morgan fingerprint density at radius 2 is 2.25 bits per heavy atom. The molecule has 0 saturated heterocycles. The zero-order chi connectivity index (χ0) is 9.56. The Balaban J connectivity index is 3.90. The summed E-state index contributed by atoms with van der Waals surface area (Å²) in [4.78, 5) is 10.1. The van der Waals surface area contributed by atoms with Crippen LogP contribution in [0.3, 0.4) is 0 Å². The van der Waals surface area contributed by atoms with Gasteiger partial charge in [-0.3, -0.25) is 4.79 Å². The summed E-state index contributed by atoms with van der Waals surface area (Å²) < 4.78 is 12.7. The van der Waals surface area contributed by atoms with Crippen LogP contribution in [0, 0.1) is 0 Å². The van der Waals surface area contributed by atoms with Crippen molar-refractivity contribution in [3.63, 3.8) is 0 Å². The standard InChI is InChI=1S/C7H13FN2O2/c8-5(3-1-2-4-9)6(10)7(11)12/h3,6H,1-2,4,9-10H2,(H,11,12). The Bertz CT molecular complexity index is 182. The van der Waals surface area contributed by atoms with Gasteiger partial charge in [0.2, 0.25) is 0 Å². The molecule has 70 valence electrons. The third kappa shape index (κ3) is 4.05. The minimum Gasteiger partial charge on any atom is -0.480 e. The van der Waals surface area contributed by atoms with Crippen LogP contribution >= 0.6 is 0 Å². The van der Waals surface area contributed by atoms with E-state index in [-0.39, 0.29) is 0 Å². The molecule has 0 rings (SSSR count). The summed E-state index contributed by atoms with van der Waals surface area (Å²) in [6.07, 6.45) is 2.20. The van der Waals surface area contributed by atoms with Gasteiger partial charge in [0.05, 0.1) is 0 Å². The number of halogens is 1. The fourth-order valence-electron chi connectivity index (χ4n) is 0.603. The van der Waals surface area contributed by atoms with Crippen LogP contribution in [0.15, 0.2) is 11.9 Å². The monoisotopic (exact) mass is 176 g/mol. The van der Waals surface area contributed by atoms with Gasteiger partial charge >= 0.3 is 5.97 Å². The Hall–Kier alpha value is -0.940. The molecule has 0 spiro atoms. The minimum atomic E-state index is -1.54. The summed E-state index contributed by atoms with van der Waals surface area (Å²) in [5.74, 6) is -2.17. The van der Waals surface area contributed by atoms with E-state index in [4.69, 9.17) is 16.6 Å². The number of nitrogens with two attached hydrogens (primary N) is 2.